The van der Waals surface area contributed by atoms with Gasteiger partial charge in [0.25, 0.3) is 5.91 Å². The maximum Gasteiger partial charge on any atom is 0.268 e. The van der Waals surface area contributed by atoms with Crippen LogP contribution >= 0.6 is 22.9 Å². The third-order valence-corrected chi connectivity index (χ3v) is 7.03. The normalized spacial score (nSPS) is 11.2. The van der Waals surface area contributed by atoms with Crippen LogP contribution in [0.15, 0.2) is 54.2 Å². The van der Waals surface area contributed by atoms with E-state index in [0.717, 1.165) is 38.8 Å². The summed E-state index contributed by atoms with van der Waals surface area (Å²) in [6, 6.07) is 15.3. The summed E-state index contributed by atoms with van der Waals surface area (Å²) in [5.41, 5.74) is 2.87. The standard InChI is InChI=1S/C29H32ClN3O2S/c1-3-4-5-6-7-8-15-35-25-13-11-22(12-14-25)16-24(19-31)28(34)33-29-32-20-26(36-29)17-23-10-9-21(2)27(30)18-23/h9-14,16,18,20H,3-8,15,17H2,1-2H3,(H,32,33,34). The quantitative estimate of drug-likeness (QED) is 0.140. The lowest BCUT2D eigenvalue weighted by molar-refractivity contribution is -0.112. The molecule has 7 heteroatoms. The number of nitrogens with one attached hydrogen (secondary N) is 1. The van der Waals surface area contributed by atoms with Crippen LogP contribution in [0, 0.1) is 18.3 Å². The summed E-state index contributed by atoms with van der Waals surface area (Å²) in [6.45, 7) is 4.88. The predicted molar refractivity (Wildman–Crippen MR) is 149 cm³/mol. The number of amides is 1. The molecular weight excluding hydrogens is 490 g/mol. The number of carbonyl (C=O) groups excluding carboxylic acids is 1. The average molecular weight is 522 g/mol. The molecule has 0 spiro atoms. The number of carbonyl (C=O) groups is 1. The van der Waals surface area contributed by atoms with Crippen LogP contribution in [0.25, 0.3) is 6.08 Å². The fourth-order valence-corrected chi connectivity index (χ4v) is 4.65. The molecule has 36 heavy (non-hydrogen) atoms. The number of nitrogens with zero attached hydrogens (tertiary/aromatic N) is 2. The zero-order valence-electron chi connectivity index (χ0n) is 20.9. The molecule has 0 atom stereocenters. The molecule has 3 aromatic rings. The van der Waals surface area contributed by atoms with E-state index in [2.05, 4.69) is 17.2 Å². The summed E-state index contributed by atoms with van der Waals surface area (Å²) >= 11 is 7.59. The number of thiazole rings is 1. The molecule has 2 aromatic carbocycles. The summed E-state index contributed by atoms with van der Waals surface area (Å²) in [6.07, 6.45) is 11.3. The van der Waals surface area contributed by atoms with E-state index in [4.69, 9.17) is 16.3 Å². The molecular formula is C29H32ClN3O2S. The van der Waals surface area contributed by atoms with Crippen molar-refractivity contribution in [3.8, 4) is 11.8 Å². The Bertz CT molecular complexity index is 1210. The van der Waals surface area contributed by atoms with E-state index in [1.54, 1.807) is 12.3 Å². The Hall–Kier alpha value is -3.14. The van der Waals surface area contributed by atoms with Crippen LogP contribution in [0.1, 0.15) is 67.0 Å². The Balaban J connectivity index is 1.51. The highest BCUT2D eigenvalue weighted by Crippen LogP contribution is 2.24. The molecule has 1 amide bonds. The molecule has 1 aromatic heterocycles. The molecule has 1 N–H and O–H groups in total. The van der Waals surface area contributed by atoms with Crippen LogP contribution in [0.2, 0.25) is 5.02 Å². The van der Waals surface area contributed by atoms with Crippen molar-refractivity contribution in [1.29, 1.82) is 5.26 Å². The number of benzene rings is 2. The second-order valence-electron chi connectivity index (χ2n) is 8.70. The van der Waals surface area contributed by atoms with E-state index < -0.39 is 5.91 Å². The zero-order chi connectivity index (χ0) is 25.8. The van der Waals surface area contributed by atoms with Crippen molar-refractivity contribution < 1.29 is 9.53 Å². The van der Waals surface area contributed by atoms with Crippen molar-refractivity contribution in [2.24, 2.45) is 0 Å². The summed E-state index contributed by atoms with van der Waals surface area (Å²) in [5, 5.41) is 13.4. The van der Waals surface area contributed by atoms with Gasteiger partial charge in [-0.15, -0.1) is 11.3 Å². The summed E-state index contributed by atoms with van der Waals surface area (Å²) in [5.74, 6) is 0.300. The van der Waals surface area contributed by atoms with Gasteiger partial charge in [-0.3, -0.25) is 10.1 Å². The number of nitriles is 1. The second kappa shape index (κ2) is 14.4. The lowest BCUT2D eigenvalue weighted by atomic mass is 10.1. The molecule has 0 unspecified atom stereocenters. The van der Waals surface area contributed by atoms with E-state index in [1.165, 1.54) is 43.4 Å². The van der Waals surface area contributed by atoms with E-state index in [0.29, 0.717) is 18.2 Å². The molecule has 0 aliphatic rings. The lowest BCUT2D eigenvalue weighted by Gasteiger charge is -2.06. The molecule has 5 nitrogen and oxygen atoms in total. The predicted octanol–water partition coefficient (Wildman–Crippen LogP) is 7.98. The highest BCUT2D eigenvalue weighted by molar-refractivity contribution is 7.15. The van der Waals surface area contributed by atoms with Gasteiger partial charge in [0.15, 0.2) is 5.13 Å². The lowest BCUT2D eigenvalue weighted by Crippen LogP contribution is -2.13. The van der Waals surface area contributed by atoms with Crippen molar-refractivity contribution >= 4 is 40.1 Å². The number of aryl methyl sites for hydroxylation is 1. The Morgan fingerprint density at radius 2 is 1.89 bits per heavy atom. The van der Waals surface area contributed by atoms with Gasteiger partial charge in [-0.25, -0.2) is 4.98 Å². The molecule has 0 bridgehead atoms. The molecule has 0 fully saturated rings. The van der Waals surface area contributed by atoms with E-state index in [-0.39, 0.29) is 5.57 Å². The van der Waals surface area contributed by atoms with Crippen LogP contribution in [-0.2, 0) is 11.2 Å². The van der Waals surface area contributed by atoms with Gasteiger partial charge in [-0.2, -0.15) is 5.26 Å². The van der Waals surface area contributed by atoms with Crippen LogP contribution in [0.4, 0.5) is 5.13 Å². The number of rotatable bonds is 13. The summed E-state index contributed by atoms with van der Waals surface area (Å²) < 4.78 is 5.80. The van der Waals surface area contributed by atoms with Gasteiger partial charge in [0, 0.05) is 22.5 Å². The van der Waals surface area contributed by atoms with E-state index >= 15 is 0 Å². The first-order chi connectivity index (χ1) is 17.5. The van der Waals surface area contributed by atoms with Crippen molar-refractivity contribution in [2.75, 3.05) is 11.9 Å². The fraction of sp³-hybridized carbons (Fsp3) is 0.345. The fourth-order valence-electron chi connectivity index (χ4n) is 3.61. The summed E-state index contributed by atoms with van der Waals surface area (Å²) in [7, 11) is 0. The number of hydrogen-bond donors (Lipinski definition) is 1. The minimum absolute atomic E-state index is 0.0119. The summed E-state index contributed by atoms with van der Waals surface area (Å²) in [4.78, 5) is 17.9. The van der Waals surface area contributed by atoms with Crippen LogP contribution in [0.5, 0.6) is 5.75 Å². The highest BCUT2D eigenvalue weighted by Gasteiger charge is 2.13. The first-order valence-electron chi connectivity index (χ1n) is 12.3. The second-order valence-corrected chi connectivity index (χ2v) is 10.2. The molecule has 0 aliphatic heterocycles. The number of hydrogen-bond acceptors (Lipinski definition) is 5. The first-order valence-corrected chi connectivity index (χ1v) is 13.5. The van der Waals surface area contributed by atoms with Crippen LogP contribution in [-0.4, -0.2) is 17.5 Å². The monoisotopic (exact) mass is 521 g/mol. The number of aromatic nitrogens is 1. The minimum Gasteiger partial charge on any atom is -0.494 e. The van der Waals surface area contributed by atoms with Gasteiger partial charge in [-0.05, 0) is 54.3 Å². The Morgan fingerprint density at radius 1 is 1.14 bits per heavy atom. The van der Waals surface area contributed by atoms with Gasteiger partial charge in [0.05, 0.1) is 6.61 Å². The topological polar surface area (TPSA) is 75.0 Å². The molecule has 188 valence electrons. The third kappa shape index (κ3) is 8.82. The van der Waals surface area contributed by atoms with Gasteiger partial charge in [0.2, 0.25) is 0 Å². The van der Waals surface area contributed by atoms with Crippen LogP contribution < -0.4 is 10.1 Å². The van der Waals surface area contributed by atoms with E-state index in [1.807, 2.05) is 55.5 Å². The molecule has 3 rings (SSSR count). The third-order valence-electron chi connectivity index (χ3n) is 5.71. The molecule has 0 saturated carbocycles. The number of halogens is 1. The number of ether oxygens (including phenoxy) is 1. The first kappa shape index (κ1) is 27.4. The molecule has 0 saturated heterocycles. The van der Waals surface area contributed by atoms with E-state index in [9.17, 15) is 10.1 Å². The Morgan fingerprint density at radius 3 is 2.61 bits per heavy atom. The maximum atomic E-state index is 12.7. The zero-order valence-corrected chi connectivity index (χ0v) is 22.4. The molecule has 0 aliphatic carbocycles. The van der Waals surface area contributed by atoms with Crippen LogP contribution in [0.3, 0.4) is 0 Å². The van der Waals surface area contributed by atoms with Gasteiger partial charge < -0.3 is 4.74 Å². The molecule has 0 radical (unpaired) electrons. The molecule has 1 heterocycles. The smallest absolute Gasteiger partial charge is 0.268 e. The van der Waals surface area contributed by atoms with Crippen molar-refractivity contribution in [2.45, 2.75) is 58.8 Å². The Labute approximate surface area is 222 Å². The van der Waals surface area contributed by atoms with Gasteiger partial charge in [-0.1, -0.05) is 74.9 Å². The Kier molecular flexibility index (Phi) is 11.0. The maximum absolute atomic E-state index is 12.7. The van der Waals surface area contributed by atoms with Gasteiger partial charge in [0.1, 0.15) is 17.4 Å². The highest BCUT2D eigenvalue weighted by atomic mass is 35.5. The largest absolute Gasteiger partial charge is 0.494 e. The minimum atomic E-state index is -0.486. The van der Waals surface area contributed by atoms with Crippen molar-refractivity contribution in [3.05, 3.63) is 80.8 Å². The van der Waals surface area contributed by atoms with Gasteiger partial charge >= 0.3 is 0 Å². The number of unbranched alkanes of at least 4 members (excludes halogenated alkanes) is 5. The van der Waals surface area contributed by atoms with Crippen molar-refractivity contribution in [1.82, 2.24) is 4.98 Å². The number of anilines is 1. The van der Waals surface area contributed by atoms with Crippen molar-refractivity contribution in [3.63, 3.8) is 0 Å². The SMILES string of the molecule is CCCCCCCCOc1ccc(C=C(C#N)C(=O)Nc2ncc(Cc3ccc(C)c(Cl)c3)s2)cc1. The average Bonchev–Trinajstić information content (AvgIpc) is 3.31.